The Balaban J connectivity index is 1.45. The molecule has 4 heterocycles. The molecule has 168 valence electrons. The van der Waals surface area contributed by atoms with Gasteiger partial charge in [0.1, 0.15) is 5.84 Å². The van der Waals surface area contributed by atoms with Crippen LogP contribution in [0.3, 0.4) is 0 Å². The third-order valence-electron chi connectivity index (χ3n) is 5.48. The number of nitrogens with one attached hydrogen (secondary N) is 1. The number of nitriles is 1. The van der Waals surface area contributed by atoms with Crippen molar-refractivity contribution < 1.29 is 4.42 Å². The molecule has 1 aliphatic heterocycles. The number of nitrogen functional groups attached to an aromatic ring is 1. The van der Waals surface area contributed by atoms with Crippen LogP contribution in [0.1, 0.15) is 25.1 Å². The van der Waals surface area contributed by atoms with Crippen molar-refractivity contribution >= 4 is 11.7 Å². The maximum absolute atomic E-state index is 9.43. The van der Waals surface area contributed by atoms with Crippen LogP contribution < -0.4 is 11.1 Å². The fourth-order valence-corrected chi connectivity index (χ4v) is 3.48. The van der Waals surface area contributed by atoms with Crippen LogP contribution in [0, 0.1) is 11.3 Å². The van der Waals surface area contributed by atoms with Crippen LogP contribution in [0.2, 0.25) is 0 Å². The van der Waals surface area contributed by atoms with Crippen molar-refractivity contribution in [2.24, 2.45) is 4.99 Å². The van der Waals surface area contributed by atoms with E-state index in [-0.39, 0.29) is 17.4 Å². The van der Waals surface area contributed by atoms with E-state index in [0.717, 1.165) is 35.6 Å². The van der Waals surface area contributed by atoms with Gasteiger partial charge in [0.15, 0.2) is 11.5 Å². The lowest BCUT2D eigenvalue weighted by molar-refractivity contribution is 0.582. The summed E-state index contributed by atoms with van der Waals surface area (Å²) in [5, 5.41) is 21.0. The highest BCUT2D eigenvalue weighted by Gasteiger charge is 2.23. The average molecular weight is 451 g/mol. The number of amidine groups is 1. The lowest BCUT2D eigenvalue weighted by Gasteiger charge is -2.15. The first-order valence-corrected chi connectivity index (χ1v) is 10.7. The van der Waals surface area contributed by atoms with Gasteiger partial charge in [-0.25, -0.2) is 9.97 Å². The first kappa shape index (κ1) is 21.2. The van der Waals surface area contributed by atoms with Crippen molar-refractivity contribution in [3.63, 3.8) is 0 Å². The van der Waals surface area contributed by atoms with Crippen molar-refractivity contribution in [2.45, 2.75) is 19.3 Å². The Morgan fingerprint density at radius 1 is 1.03 bits per heavy atom. The van der Waals surface area contributed by atoms with Gasteiger partial charge >= 0.3 is 0 Å². The molecule has 0 bridgehead atoms. The molecule has 1 aromatic carbocycles. The molecule has 5 rings (SSSR count). The molecule has 1 aliphatic rings. The summed E-state index contributed by atoms with van der Waals surface area (Å²) in [5.41, 5.74) is 9.33. The van der Waals surface area contributed by atoms with E-state index in [2.05, 4.69) is 41.5 Å². The summed E-state index contributed by atoms with van der Waals surface area (Å²) in [6.07, 6.45) is 3.20. The maximum Gasteiger partial charge on any atom is 0.270 e. The highest BCUT2D eigenvalue weighted by Crippen LogP contribution is 2.29. The van der Waals surface area contributed by atoms with Crippen LogP contribution in [0.5, 0.6) is 0 Å². The number of benzene rings is 1. The molecule has 0 saturated heterocycles. The number of rotatable bonds is 5. The monoisotopic (exact) mass is 451 g/mol. The number of pyridine rings is 1. The van der Waals surface area contributed by atoms with E-state index in [1.807, 2.05) is 44.2 Å². The number of aliphatic imine (C=N–C) groups is 1. The van der Waals surface area contributed by atoms with Gasteiger partial charge in [0.05, 0.1) is 35.6 Å². The molecule has 34 heavy (non-hydrogen) atoms. The van der Waals surface area contributed by atoms with Crippen molar-refractivity contribution in [2.75, 3.05) is 18.8 Å². The summed E-state index contributed by atoms with van der Waals surface area (Å²) in [6, 6.07) is 13.6. The van der Waals surface area contributed by atoms with Gasteiger partial charge in [-0.3, -0.25) is 9.98 Å². The second kappa shape index (κ2) is 8.37. The van der Waals surface area contributed by atoms with Crippen LogP contribution in [0.25, 0.3) is 34.3 Å². The third-order valence-corrected chi connectivity index (χ3v) is 5.48. The van der Waals surface area contributed by atoms with Crippen LogP contribution in [0.15, 0.2) is 58.2 Å². The maximum atomic E-state index is 9.43. The normalized spacial score (nSPS) is 13.3. The molecule has 0 radical (unpaired) electrons. The first-order chi connectivity index (χ1) is 16.4. The molecule has 10 heteroatoms. The third kappa shape index (κ3) is 3.95. The van der Waals surface area contributed by atoms with Crippen molar-refractivity contribution in [1.29, 1.82) is 5.26 Å². The first-order valence-electron chi connectivity index (χ1n) is 10.7. The van der Waals surface area contributed by atoms with E-state index < -0.39 is 5.41 Å². The van der Waals surface area contributed by atoms with E-state index in [4.69, 9.17) is 10.2 Å². The summed E-state index contributed by atoms with van der Waals surface area (Å²) >= 11 is 0. The summed E-state index contributed by atoms with van der Waals surface area (Å²) in [6.45, 7) is 5.25. The van der Waals surface area contributed by atoms with Crippen LogP contribution >= 0.6 is 0 Å². The smallest absolute Gasteiger partial charge is 0.270 e. The molecule has 0 aliphatic carbocycles. The Bertz CT molecular complexity index is 1430. The zero-order valence-electron chi connectivity index (χ0n) is 18.6. The van der Waals surface area contributed by atoms with Gasteiger partial charge in [-0.1, -0.05) is 12.1 Å². The minimum absolute atomic E-state index is 0.166. The fraction of sp³-hybridized carbons (Fsp3) is 0.208. The van der Waals surface area contributed by atoms with Gasteiger partial charge in [-0.2, -0.15) is 5.26 Å². The summed E-state index contributed by atoms with van der Waals surface area (Å²) in [4.78, 5) is 17.6. The van der Waals surface area contributed by atoms with Crippen LogP contribution in [-0.2, 0) is 5.41 Å². The summed E-state index contributed by atoms with van der Waals surface area (Å²) in [7, 11) is 0. The highest BCUT2D eigenvalue weighted by molar-refractivity contribution is 6.00. The highest BCUT2D eigenvalue weighted by atomic mass is 16.4. The molecular weight excluding hydrogens is 430 g/mol. The number of hydrogen-bond acceptors (Lipinski definition) is 10. The Kier molecular flexibility index (Phi) is 5.22. The molecule has 0 saturated carbocycles. The van der Waals surface area contributed by atoms with E-state index >= 15 is 0 Å². The quantitative estimate of drug-likeness (QED) is 0.466. The van der Waals surface area contributed by atoms with E-state index in [9.17, 15) is 5.26 Å². The molecule has 10 nitrogen and oxygen atoms in total. The molecule has 0 amide bonds. The number of nitrogens with two attached hydrogens (primary N) is 1. The zero-order valence-corrected chi connectivity index (χ0v) is 18.6. The Morgan fingerprint density at radius 2 is 1.79 bits per heavy atom. The van der Waals surface area contributed by atoms with E-state index in [0.29, 0.717) is 17.3 Å². The largest absolute Gasteiger partial charge is 0.414 e. The SMILES string of the molecule is CC(C)(C#N)c1cc(-c2cnc(N)c(-c3nnc(-c4ccc(C5=NCCN5)cc4)o3)n2)ccn1. The van der Waals surface area contributed by atoms with Gasteiger partial charge in [-0.05, 0) is 38.1 Å². The van der Waals surface area contributed by atoms with Crippen LogP contribution in [0.4, 0.5) is 5.82 Å². The van der Waals surface area contributed by atoms with E-state index in [1.165, 1.54) is 0 Å². The molecule has 0 unspecified atom stereocenters. The van der Waals surface area contributed by atoms with Crippen molar-refractivity contribution in [3.8, 4) is 40.4 Å². The summed E-state index contributed by atoms with van der Waals surface area (Å²) in [5.74, 6) is 1.57. The van der Waals surface area contributed by atoms with E-state index in [1.54, 1.807) is 18.5 Å². The number of anilines is 1. The second-order valence-corrected chi connectivity index (χ2v) is 8.30. The molecule has 0 atom stereocenters. The lowest BCUT2D eigenvalue weighted by atomic mass is 9.90. The van der Waals surface area contributed by atoms with Gasteiger partial charge in [0.25, 0.3) is 5.89 Å². The minimum atomic E-state index is -0.739. The Hall–Kier alpha value is -4.65. The average Bonchev–Trinajstić information content (AvgIpc) is 3.57. The molecule has 0 spiro atoms. The second-order valence-electron chi connectivity index (χ2n) is 8.30. The van der Waals surface area contributed by atoms with Gasteiger partial charge in [-0.15, -0.1) is 10.2 Å². The van der Waals surface area contributed by atoms with Gasteiger partial charge < -0.3 is 15.5 Å². The number of hydrogen-bond donors (Lipinski definition) is 2. The molecule has 3 aromatic heterocycles. The topological polar surface area (TPSA) is 152 Å². The number of nitrogens with zero attached hydrogens (tertiary/aromatic N) is 7. The number of aromatic nitrogens is 5. The standard InChI is InChI=1S/C24H21N9O/c1-24(2,13-25)18-11-16(7-8-27-18)17-12-30-20(26)19(31-17)23-33-32-22(34-23)15-5-3-14(4-6-15)21-28-9-10-29-21/h3-8,11-12H,9-10H2,1-2H3,(H2,26,30)(H,28,29). The van der Waals surface area contributed by atoms with Crippen LogP contribution in [-0.4, -0.2) is 44.1 Å². The Labute approximate surface area is 195 Å². The van der Waals surface area contributed by atoms with Gasteiger partial charge in [0.2, 0.25) is 5.89 Å². The lowest BCUT2D eigenvalue weighted by Crippen LogP contribution is -2.19. The molecule has 0 fully saturated rings. The summed E-state index contributed by atoms with van der Waals surface area (Å²) < 4.78 is 5.88. The molecule has 3 N–H and O–H groups in total. The van der Waals surface area contributed by atoms with Crippen molar-refractivity contribution in [1.82, 2.24) is 30.5 Å². The van der Waals surface area contributed by atoms with Crippen molar-refractivity contribution in [3.05, 3.63) is 60.0 Å². The predicted octanol–water partition coefficient (Wildman–Crippen LogP) is 2.99. The molecule has 4 aromatic rings. The fourth-order valence-electron chi connectivity index (χ4n) is 3.48. The minimum Gasteiger partial charge on any atom is -0.414 e. The Morgan fingerprint density at radius 3 is 2.53 bits per heavy atom. The zero-order chi connectivity index (χ0) is 23.7. The molecular formula is C24H21N9O. The predicted molar refractivity (Wildman–Crippen MR) is 126 cm³/mol. The van der Waals surface area contributed by atoms with Gasteiger partial charge in [0, 0.05) is 29.4 Å².